The summed E-state index contributed by atoms with van der Waals surface area (Å²) < 4.78 is 17.0. The van der Waals surface area contributed by atoms with Crippen molar-refractivity contribution in [3.63, 3.8) is 0 Å². The molecular formula is C20H21NO4. The van der Waals surface area contributed by atoms with E-state index in [4.69, 9.17) is 14.2 Å². The lowest BCUT2D eigenvalue weighted by atomic mass is 10.0. The van der Waals surface area contributed by atoms with E-state index in [0.717, 1.165) is 30.1 Å². The Bertz CT molecular complexity index is 770. The molecule has 1 amide bonds. The predicted molar refractivity (Wildman–Crippen MR) is 93.2 cm³/mol. The number of hydrogen-bond donors (Lipinski definition) is 0. The molecule has 0 spiro atoms. The molecule has 0 radical (unpaired) electrons. The molecule has 130 valence electrons. The van der Waals surface area contributed by atoms with Gasteiger partial charge in [0.15, 0.2) is 6.10 Å². The molecule has 4 rings (SSSR count). The SMILES string of the molecule is COc1cccc(OC2CN(C(=O)C3CCc4ccccc4O3)C2)c1. The third-order valence-electron chi connectivity index (χ3n) is 4.70. The molecule has 2 aliphatic rings. The third-order valence-corrected chi connectivity index (χ3v) is 4.70. The standard InChI is InChI=1S/C20H21NO4/c1-23-15-6-4-7-16(11-15)24-17-12-21(13-17)20(22)19-10-9-14-5-2-3-8-18(14)25-19/h2-8,11,17,19H,9-10,12-13H2,1H3. The van der Waals surface area contributed by atoms with Gasteiger partial charge in [0, 0.05) is 6.07 Å². The average Bonchev–Trinajstić information content (AvgIpc) is 2.63. The van der Waals surface area contributed by atoms with Crippen molar-refractivity contribution < 1.29 is 19.0 Å². The van der Waals surface area contributed by atoms with Gasteiger partial charge in [0.25, 0.3) is 5.91 Å². The number of amides is 1. The largest absolute Gasteiger partial charge is 0.497 e. The zero-order valence-electron chi connectivity index (χ0n) is 14.2. The molecule has 0 saturated carbocycles. The molecule has 25 heavy (non-hydrogen) atoms. The van der Waals surface area contributed by atoms with E-state index in [1.807, 2.05) is 47.4 Å². The summed E-state index contributed by atoms with van der Waals surface area (Å²) in [6, 6.07) is 15.4. The fraction of sp³-hybridized carbons (Fsp3) is 0.350. The first-order valence-corrected chi connectivity index (χ1v) is 8.57. The second-order valence-corrected chi connectivity index (χ2v) is 6.41. The van der Waals surface area contributed by atoms with Crippen LogP contribution in [0.25, 0.3) is 0 Å². The summed E-state index contributed by atoms with van der Waals surface area (Å²) >= 11 is 0. The van der Waals surface area contributed by atoms with Gasteiger partial charge in [-0.15, -0.1) is 0 Å². The molecule has 2 aromatic carbocycles. The van der Waals surface area contributed by atoms with Crippen LogP contribution < -0.4 is 14.2 Å². The topological polar surface area (TPSA) is 48.0 Å². The van der Waals surface area contributed by atoms with Crippen LogP contribution in [0.2, 0.25) is 0 Å². The molecule has 1 saturated heterocycles. The Balaban J connectivity index is 1.31. The highest BCUT2D eigenvalue weighted by Crippen LogP contribution is 2.29. The summed E-state index contributed by atoms with van der Waals surface area (Å²) in [7, 11) is 1.63. The second-order valence-electron chi connectivity index (χ2n) is 6.41. The van der Waals surface area contributed by atoms with Crippen LogP contribution in [0.4, 0.5) is 0 Å². The van der Waals surface area contributed by atoms with Gasteiger partial charge in [0.1, 0.15) is 23.4 Å². The minimum absolute atomic E-state index is 0.0203. The molecule has 1 fully saturated rings. The number of aryl methyl sites for hydroxylation is 1. The molecule has 0 N–H and O–H groups in total. The van der Waals surface area contributed by atoms with Gasteiger partial charge in [0.05, 0.1) is 20.2 Å². The molecule has 0 bridgehead atoms. The molecule has 0 aromatic heterocycles. The fourth-order valence-electron chi connectivity index (χ4n) is 3.26. The first kappa shape index (κ1) is 15.8. The Labute approximate surface area is 147 Å². The van der Waals surface area contributed by atoms with Crippen LogP contribution >= 0.6 is 0 Å². The zero-order chi connectivity index (χ0) is 17.2. The van der Waals surface area contributed by atoms with Crippen LogP contribution in [0.15, 0.2) is 48.5 Å². The van der Waals surface area contributed by atoms with Crippen LogP contribution in [0.5, 0.6) is 17.2 Å². The number of likely N-dealkylation sites (tertiary alicyclic amines) is 1. The van der Waals surface area contributed by atoms with E-state index in [9.17, 15) is 4.79 Å². The summed E-state index contributed by atoms with van der Waals surface area (Å²) in [5, 5.41) is 0. The first-order valence-electron chi connectivity index (χ1n) is 8.57. The molecule has 2 aliphatic heterocycles. The quantitative estimate of drug-likeness (QED) is 0.859. The fourth-order valence-corrected chi connectivity index (χ4v) is 3.26. The maximum absolute atomic E-state index is 12.6. The third kappa shape index (κ3) is 3.27. The molecule has 5 heteroatoms. The highest BCUT2D eigenvalue weighted by molar-refractivity contribution is 5.82. The minimum atomic E-state index is -0.382. The van der Waals surface area contributed by atoms with E-state index < -0.39 is 0 Å². The lowest BCUT2D eigenvalue weighted by Crippen LogP contribution is -2.59. The van der Waals surface area contributed by atoms with Crippen LogP contribution in [0, 0.1) is 0 Å². The molecule has 2 aromatic rings. The van der Waals surface area contributed by atoms with Gasteiger partial charge in [-0.3, -0.25) is 4.79 Å². The number of hydrogen-bond acceptors (Lipinski definition) is 4. The Morgan fingerprint density at radius 1 is 1.12 bits per heavy atom. The van der Waals surface area contributed by atoms with Crippen molar-refractivity contribution in [3.8, 4) is 17.2 Å². The number of carbonyl (C=O) groups is 1. The molecule has 2 heterocycles. The summed E-state index contributed by atoms with van der Waals surface area (Å²) in [5.41, 5.74) is 1.18. The van der Waals surface area contributed by atoms with Crippen molar-refractivity contribution in [2.45, 2.75) is 25.0 Å². The number of fused-ring (bicyclic) bond motifs is 1. The summed E-state index contributed by atoms with van der Waals surface area (Å²) in [6.07, 6.45) is 1.25. The summed E-state index contributed by atoms with van der Waals surface area (Å²) in [4.78, 5) is 14.4. The Hall–Kier alpha value is -2.69. The number of benzene rings is 2. The predicted octanol–water partition coefficient (Wildman–Crippen LogP) is 2.68. The number of rotatable bonds is 4. The number of carbonyl (C=O) groups excluding carboxylic acids is 1. The van der Waals surface area contributed by atoms with Crippen LogP contribution in [0.1, 0.15) is 12.0 Å². The Morgan fingerprint density at radius 2 is 1.92 bits per heavy atom. The van der Waals surface area contributed by atoms with Crippen LogP contribution in [0.3, 0.4) is 0 Å². The van der Waals surface area contributed by atoms with Gasteiger partial charge in [-0.25, -0.2) is 0 Å². The smallest absolute Gasteiger partial charge is 0.263 e. The number of nitrogens with zero attached hydrogens (tertiary/aromatic N) is 1. The first-order chi connectivity index (χ1) is 12.2. The van der Waals surface area contributed by atoms with Gasteiger partial charge in [-0.05, 0) is 36.6 Å². The minimum Gasteiger partial charge on any atom is -0.497 e. The summed E-state index contributed by atoms with van der Waals surface area (Å²) in [6.45, 7) is 1.19. The second kappa shape index (κ2) is 6.67. The number of ether oxygens (including phenoxy) is 3. The van der Waals surface area contributed by atoms with Gasteiger partial charge < -0.3 is 19.1 Å². The monoisotopic (exact) mass is 339 g/mol. The molecule has 1 unspecified atom stereocenters. The van der Waals surface area contributed by atoms with Crippen molar-refractivity contribution in [1.29, 1.82) is 0 Å². The van der Waals surface area contributed by atoms with Gasteiger partial charge in [0.2, 0.25) is 0 Å². The van der Waals surface area contributed by atoms with Crippen LogP contribution in [-0.4, -0.2) is 43.2 Å². The highest BCUT2D eigenvalue weighted by atomic mass is 16.5. The van der Waals surface area contributed by atoms with Gasteiger partial charge in [-0.2, -0.15) is 0 Å². The van der Waals surface area contributed by atoms with E-state index in [1.54, 1.807) is 7.11 Å². The van der Waals surface area contributed by atoms with Gasteiger partial charge >= 0.3 is 0 Å². The molecular weight excluding hydrogens is 318 g/mol. The van der Waals surface area contributed by atoms with Crippen molar-refractivity contribution in [1.82, 2.24) is 4.90 Å². The Morgan fingerprint density at radius 3 is 2.76 bits per heavy atom. The maximum atomic E-state index is 12.6. The van der Waals surface area contributed by atoms with Crippen molar-refractivity contribution in [3.05, 3.63) is 54.1 Å². The van der Waals surface area contributed by atoms with Gasteiger partial charge in [-0.1, -0.05) is 24.3 Å². The van der Waals surface area contributed by atoms with E-state index in [-0.39, 0.29) is 18.1 Å². The number of para-hydroxylation sites is 1. The molecule has 1 atom stereocenters. The Kier molecular flexibility index (Phi) is 4.22. The normalized spacial score (nSPS) is 19.4. The van der Waals surface area contributed by atoms with E-state index >= 15 is 0 Å². The van der Waals surface area contributed by atoms with Crippen molar-refractivity contribution in [2.24, 2.45) is 0 Å². The van der Waals surface area contributed by atoms with E-state index in [0.29, 0.717) is 13.1 Å². The summed E-state index contributed by atoms with van der Waals surface area (Å²) in [5.74, 6) is 2.41. The lowest BCUT2D eigenvalue weighted by Gasteiger charge is -2.41. The maximum Gasteiger partial charge on any atom is 0.263 e. The van der Waals surface area contributed by atoms with Crippen molar-refractivity contribution in [2.75, 3.05) is 20.2 Å². The van der Waals surface area contributed by atoms with Crippen molar-refractivity contribution >= 4 is 5.91 Å². The highest BCUT2D eigenvalue weighted by Gasteiger charge is 2.38. The average molecular weight is 339 g/mol. The molecule has 5 nitrogen and oxygen atoms in total. The number of methoxy groups -OCH3 is 1. The van der Waals surface area contributed by atoms with Crippen LogP contribution in [-0.2, 0) is 11.2 Å². The molecule has 0 aliphatic carbocycles. The van der Waals surface area contributed by atoms with E-state index in [2.05, 4.69) is 6.07 Å². The zero-order valence-corrected chi connectivity index (χ0v) is 14.2. The lowest BCUT2D eigenvalue weighted by molar-refractivity contribution is -0.148. The van der Waals surface area contributed by atoms with E-state index in [1.165, 1.54) is 5.56 Å².